The van der Waals surface area contributed by atoms with Crippen LogP contribution in [-0.4, -0.2) is 19.8 Å². The second-order valence-corrected chi connectivity index (χ2v) is 8.29. The van der Waals surface area contributed by atoms with Gasteiger partial charge in [-0.15, -0.1) is 0 Å². The number of hydrogen-bond donors (Lipinski definition) is 1. The minimum atomic E-state index is -2.50. The molecule has 0 spiro atoms. The molecule has 0 radical (unpaired) electrons. The van der Waals surface area contributed by atoms with Gasteiger partial charge in [0.2, 0.25) is 0 Å². The molecule has 1 N–H and O–H groups in total. The standard InChI is InChI=1S/C26H23NO4S/c28-26(29)24-14-5-3-9-20(24)12-7-13-21-10-4-6-15-25(21)27(32(30)31)23-17-16-19-8-1-2-11-22(19)18-23/h1-6,8-11,14-18H,7,12-13H2,(H,28,29)(H,30,31)/p-1. The summed E-state index contributed by atoms with van der Waals surface area (Å²) in [5.41, 5.74) is 3.14. The topological polar surface area (TPSA) is 80.7 Å². The molecule has 0 saturated carbocycles. The fourth-order valence-electron chi connectivity index (χ4n) is 3.95. The van der Waals surface area contributed by atoms with E-state index in [1.165, 1.54) is 4.31 Å². The van der Waals surface area contributed by atoms with E-state index in [1.807, 2.05) is 66.7 Å². The molecule has 4 aromatic rings. The Morgan fingerprint density at radius 3 is 2.19 bits per heavy atom. The van der Waals surface area contributed by atoms with E-state index < -0.39 is 17.2 Å². The van der Waals surface area contributed by atoms with Crippen molar-refractivity contribution in [1.82, 2.24) is 0 Å². The van der Waals surface area contributed by atoms with Gasteiger partial charge in [0, 0.05) is 0 Å². The lowest BCUT2D eigenvalue weighted by Gasteiger charge is -2.29. The Labute approximate surface area is 189 Å². The number of fused-ring (bicyclic) bond motifs is 1. The Kier molecular flexibility index (Phi) is 6.63. The molecule has 0 aliphatic heterocycles. The monoisotopic (exact) mass is 444 g/mol. The first-order chi connectivity index (χ1) is 15.5. The Hall–Kier alpha value is -3.48. The highest BCUT2D eigenvalue weighted by Gasteiger charge is 2.15. The van der Waals surface area contributed by atoms with Crippen LogP contribution >= 0.6 is 0 Å². The Morgan fingerprint density at radius 2 is 1.44 bits per heavy atom. The molecule has 0 saturated heterocycles. The van der Waals surface area contributed by atoms with Crippen molar-refractivity contribution in [2.45, 2.75) is 19.3 Å². The number of aryl methyl sites for hydroxylation is 2. The van der Waals surface area contributed by atoms with Crippen LogP contribution in [0.15, 0.2) is 91.0 Å². The maximum Gasteiger partial charge on any atom is 0.335 e. The number of anilines is 2. The van der Waals surface area contributed by atoms with Crippen LogP contribution in [0.5, 0.6) is 0 Å². The first-order valence-electron chi connectivity index (χ1n) is 10.3. The quantitative estimate of drug-likeness (QED) is 0.356. The molecule has 0 fully saturated rings. The first kappa shape index (κ1) is 21.7. The molecule has 32 heavy (non-hydrogen) atoms. The van der Waals surface area contributed by atoms with Gasteiger partial charge in [-0.2, -0.15) is 0 Å². The number of carbonyl (C=O) groups is 1. The Balaban J connectivity index is 1.61. The number of benzene rings is 4. The summed E-state index contributed by atoms with van der Waals surface area (Å²) in [4.78, 5) is 11.4. The van der Waals surface area contributed by atoms with Crippen LogP contribution in [0.3, 0.4) is 0 Å². The molecule has 162 valence electrons. The first-order valence-corrected chi connectivity index (χ1v) is 11.3. The van der Waals surface area contributed by atoms with Crippen molar-refractivity contribution < 1.29 is 18.7 Å². The zero-order valence-corrected chi connectivity index (χ0v) is 18.1. The summed E-state index contributed by atoms with van der Waals surface area (Å²) in [5, 5.41) is 11.4. The van der Waals surface area contributed by atoms with E-state index in [4.69, 9.17) is 0 Å². The highest BCUT2D eigenvalue weighted by molar-refractivity contribution is 7.81. The van der Waals surface area contributed by atoms with Crippen molar-refractivity contribution in [2.75, 3.05) is 4.31 Å². The fraction of sp³-hybridized carbons (Fsp3) is 0.115. The van der Waals surface area contributed by atoms with Crippen molar-refractivity contribution in [1.29, 1.82) is 0 Å². The van der Waals surface area contributed by atoms with Gasteiger partial charge in [0.1, 0.15) is 0 Å². The second-order valence-electron chi connectivity index (χ2n) is 7.49. The Morgan fingerprint density at radius 1 is 0.812 bits per heavy atom. The molecule has 0 amide bonds. The maximum atomic E-state index is 12.3. The molecule has 0 aliphatic carbocycles. The molecule has 1 atom stereocenters. The van der Waals surface area contributed by atoms with Gasteiger partial charge in [-0.25, -0.2) is 4.79 Å². The molecular formula is C26H22NO4S-. The Bertz CT molecular complexity index is 1290. The van der Waals surface area contributed by atoms with Crippen LogP contribution in [0.25, 0.3) is 10.8 Å². The molecule has 0 aliphatic rings. The van der Waals surface area contributed by atoms with Crippen LogP contribution in [0.1, 0.15) is 27.9 Å². The predicted octanol–water partition coefficient (Wildman–Crippen LogP) is 5.65. The van der Waals surface area contributed by atoms with Crippen LogP contribution in [0, 0.1) is 0 Å². The zero-order chi connectivity index (χ0) is 22.5. The number of rotatable bonds is 8. The number of aromatic carboxylic acids is 1. The molecular weight excluding hydrogens is 422 g/mol. The maximum absolute atomic E-state index is 12.3. The summed E-state index contributed by atoms with van der Waals surface area (Å²) in [6.45, 7) is 0. The summed E-state index contributed by atoms with van der Waals surface area (Å²) in [6.07, 6.45) is 1.90. The number of hydrogen-bond acceptors (Lipinski definition) is 3. The molecule has 4 rings (SSSR count). The lowest BCUT2D eigenvalue weighted by Crippen LogP contribution is -2.21. The van der Waals surface area contributed by atoms with Crippen molar-refractivity contribution in [3.63, 3.8) is 0 Å². The lowest BCUT2D eigenvalue weighted by atomic mass is 9.99. The molecule has 0 heterocycles. The molecule has 0 bridgehead atoms. The van der Waals surface area contributed by atoms with Gasteiger partial charge in [0.15, 0.2) is 0 Å². The minimum absolute atomic E-state index is 0.305. The highest BCUT2D eigenvalue weighted by Crippen LogP contribution is 2.33. The molecule has 0 aromatic heterocycles. The summed E-state index contributed by atoms with van der Waals surface area (Å²) < 4.78 is 25.8. The van der Waals surface area contributed by atoms with E-state index in [-0.39, 0.29) is 0 Å². The average Bonchev–Trinajstić information content (AvgIpc) is 2.80. The van der Waals surface area contributed by atoms with E-state index in [2.05, 4.69) is 0 Å². The van der Waals surface area contributed by atoms with Gasteiger partial charge >= 0.3 is 5.97 Å². The van der Waals surface area contributed by atoms with E-state index in [0.717, 1.165) is 21.9 Å². The van der Waals surface area contributed by atoms with E-state index in [1.54, 1.807) is 24.3 Å². The van der Waals surface area contributed by atoms with Crippen LogP contribution in [0.4, 0.5) is 11.4 Å². The number of carboxylic acids is 1. The van der Waals surface area contributed by atoms with Crippen molar-refractivity contribution >= 4 is 39.4 Å². The van der Waals surface area contributed by atoms with Gasteiger partial charge < -0.3 is 9.66 Å². The highest BCUT2D eigenvalue weighted by atomic mass is 32.2. The van der Waals surface area contributed by atoms with Crippen molar-refractivity contribution in [2.24, 2.45) is 0 Å². The van der Waals surface area contributed by atoms with Gasteiger partial charge in [0.05, 0.1) is 28.2 Å². The van der Waals surface area contributed by atoms with Crippen LogP contribution < -0.4 is 4.31 Å². The third kappa shape index (κ3) is 4.72. The van der Waals surface area contributed by atoms with Crippen molar-refractivity contribution in [3.05, 3.63) is 108 Å². The molecule has 5 nitrogen and oxygen atoms in total. The fourth-order valence-corrected chi connectivity index (χ4v) is 4.57. The van der Waals surface area contributed by atoms with Gasteiger partial charge in [-0.3, -0.25) is 8.51 Å². The smallest absolute Gasteiger partial charge is 0.335 e. The number of carboxylic acid groups (broad SMARTS) is 1. The minimum Gasteiger partial charge on any atom is -0.755 e. The predicted molar refractivity (Wildman–Crippen MR) is 127 cm³/mol. The van der Waals surface area contributed by atoms with E-state index in [0.29, 0.717) is 36.2 Å². The second kappa shape index (κ2) is 9.77. The summed E-state index contributed by atoms with van der Waals surface area (Å²) in [7, 11) is 0. The SMILES string of the molecule is O=C(O)c1ccccc1CCCc1ccccc1N(c1ccc2ccccc2c1)S(=O)[O-]. The van der Waals surface area contributed by atoms with E-state index in [9.17, 15) is 18.7 Å². The third-order valence-corrected chi connectivity index (χ3v) is 6.17. The van der Waals surface area contributed by atoms with Gasteiger partial charge in [-0.05, 0) is 65.4 Å². The average molecular weight is 445 g/mol. The molecule has 4 aromatic carbocycles. The third-order valence-electron chi connectivity index (χ3n) is 5.47. The summed E-state index contributed by atoms with van der Waals surface area (Å²) in [5.74, 6) is -0.940. The van der Waals surface area contributed by atoms with Crippen LogP contribution in [-0.2, 0) is 24.1 Å². The van der Waals surface area contributed by atoms with Crippen LogP contribution in [0.2, 0.25) is 0 Å². The normalized spacial score (nSPS) is 11.9. The largest absolute Gasteiger partial charge is 0.755 e. The van der Waals surface area contributed by atoms with Crippen molar-refractivity contribution in [3.8, 4) is 0 Å². The van der Waals surface area contributed by atoms with Gasteiger partial charge in [-0.1, -0.05) is 66.7 Å². The van der Waals surface area contributed by atoms with E-state index >= 15 is 0 Å². The summed E-state index contributed by atoms with van der Waals surface area (Å²) in [6, 6.07) is 27.8. The summed E-state index contributed by atoms with van der Waals surface area (Å²) >= 11 is -2.50. The number of nitrogens with zero attached hydrogens (tertiary/aromatic N) is 1. The zero-order valence-electron chi connectivity index (χ0n) is 17.3. The lowest BCUT2D eigenvalue weighted by molar-refractivity contribution is 0.0695. The molecule has 6 heteroatoms. The van der Waals surface area contributed by atoms with Gasteiger partial charge in [0.25, 0.3) is 0 Å². The number of para-hydroxylation sites is 1. The molecule has 1 unspecified atom stereocenters.